The Balaban J connectivity index is 0.000000210. The van der Waals surface area contributed by atoms with E-state index in [1.54, 1.807) is 109 Å². The average molecular weight is 1750 g/mol. The summed E-state index contributed by atoms with van der Waals surface area (Å²) >= 11 is 18.9. The molecule has 6 aromatic carbocycles. The van der Waals surface area contributed by atoms with Crippen LogP contribution in [0.15, 0.2) is 209 Å². The Labute approximate surface area is 720 Å². The molecule has 0 aliphatic carbocycles. The number of H-pyrrole nitrogens is 1. The molecular weight excluding hydrogens is 1660 g/mol. The Morgan fingerprint density at radius 3 is 1.89 bits per heavy atom. The molecule has 0 saturated carbocycles. The highest BCUT2D eigenvalue weighted by molar-refractivity contribution is 8.01. The lowest BCUT2D eigenvalue weighted by molar-refractivity contribution is -0.123. The van der Waals surface area contributed by atoms with Crippen LogP contribution in [-0.2, 0) is 25.6 Å². The molecule has 5 heterocycles. The molecule has 628 valence electrons. The maximum absolute atomic E-state index is 13.4. The number of aliphatic hydroxyl groups excluding tert-OH is 1. The second-order valence-corrected chi connectivity index (χ2v) is 32.6. The number of thiophene rings is 3. The molecule has 0 spiro atoms. The molecule has 0 saturated heterocycles. The van der Waals surface area contributed by atoms with Crippen molar-refractivity contribution in [1.82, 2.24) is 46.9 Å². The number of nitrogens with two attached hydrogens (primary N) is 4. The molecule has 0 aliphatic heterocycles. The van der Waals surface area contributed by atoms with E-state index in [0.717, 1.165) is 54.5 Å². The lowest BCUT2D eigenvalue weighted by atomic mass is 10.1. The van der Waals surface area contributed by atoms with E-state index in [1.165, 1.54) is 68.8 Å². The maximum atomic E-state index is 13.4. The summed E-state index contributed by atoms with van der Waals surface area (Å²) < 4.78 is 20.4. The molecule has 11 rings (SSSR count). The maximum Gasteiger partial charge on any atom is 0.261 e. The van der Waals surface area contributed by atoms with Crippen LogP contribution in [0.2, 0.25) is 10.0 Å². The number of methoxy groups -OCH3 is 1. The van der Waals surface area contributed by atoms with Crippen LogP contribution in [0, 0.1) is 19.7 Å². The van der Waals surface area contributed by atoms with Crippen molar-refractivity contribution in [3.8, 4) is 5.75 Å². The number of allylic oxidation sites excluding steroid dienone is 2. The zero-order chi connectivity index (χ0) is 86.3. The third-order valence-corrected chi connectivity index (χ3v) is 22.2. The first kappa shape index (κ1) is 94.5. The van der Waals surface area contributed by atoms with Gasteiger partial charge in [0.1, 0.15) is 23.7 Å². The molecule has 3 atom stereocenters. The van der Waals surface area contributed by atoms with Gasteiger partial charge in [-0.05, 0) is 215 Å². The number of thiazole rings is 1. The Bertz CT molecular complexity index is 5210. The van der Waals surface area contributed by atoms with Crippen molar-refractivity contribution < 1.29 is 52.6 Å². The summed E-state index contributed by atoms with van der Waals surface area (Å²) in [6.07, 6.45) is 6.47. The normalized spacial score (nSPS) is 11.3. The molecule has 119 heavy (non-hydrogen) atoms. The van der Waals surface area contributed by atoms with Gasteiger partial charge in [0, 0.05) is 70.8 Å². The molecular formula is C85H97Cl2FN16O10S5. The highest BCUT2D eigenvalue weighted by atomic mass is 35.5. The Morgan fingerprint density at radius 1 is 0.639 bits per heavy atom. The predicted molar refractivity (Wildman–Crippen MR) is 484 cm³/mol. The number of halogens is 3. The first-order valence-electron chi connectivity index (χ1n) is 37.4. The fourth-order valence-electron chi connectivity index (χ4n) is 10.9. The lowest BCUT2D eigenvalue weighted by Gasteiger charge is -2.18. The number of aromatic nitrogens is 3. The largest absolute Gasteiger partial charge is 0.513 e. The number of hydrogen-bond acceptors (Lipinski definition) is 22. The number of benzene rings is 6. The minimum Gasteiger partial charge on any atom is -0.513 e. The SMILES string of the molecule is C=C(C)Nc1nc2c(C)cc(N)cc2[nH]1.C=C(O)CC[C@H](N)C(=O)NCCCCC(NC(=O)c1cccs1)C(=O)NCCc1cccs1.C=CCNC(=O)[C@@H](CCCCNC(=O)c1ccc(N)cc1)NC(=O)c1cccs1.COc1ccc(C)cc1NC(=O)c1ccc(Cl)cc1Cl.Nc1ccc2nc(SCC(=O)Nc3ccccc3F)sc2c1. The number of para-hydroxylation sites is 1. The molecule has 8 amide bonds. The van der Waals surface area contributed by atoms with Gasteiger partial charge in [-0.2, -0.15) is 0 Å². The number of rotatable bonds is 35. The second kappa shape index (κ2) is 49.6. The van der Waals surface area contributed by atoms with Crippen LogP contribution in [0.4, 0.5) is 38.8 Å². The van der Waals surface area contributed by atoms with Crippen LogP contribution in [0.3, 0.4) is 0 Å². The molecule has 34 heteroatoms. The van der Waals surface area contributed by atoms with E-state index < -0.39 is 23.9 Å². The third-order valence-electron chi connectivity index (χ3n) is 16.9. The molecule has 5 aromatic heterocycles. The highest BCUT2D eigenvalue weighted by Crippen LogP contribution is 2.32. The molecule has 0 radical (unpaired) electrons. The number of hydrogen-bond donors (Lipinski definition) is 15. The molecule has 0 bridgehead atoms. The van der Waals surface area contributed by atoms with Crippen LogP contribution in [0.5, 0.6) is 5.75 Å². The molecule has 11 aromatic rings. The van der Waals surface area contributed by atoms with E-state index in [0.29, 0.717) is 131 Å². The number of carbonyl (C=O) groups excluding carboxylic acids is 8. The van der Waals surface area contributed by atoms with E-state index >= 15 is 0 Å². The standard InChI is InChI=1S/C23H32N4O4S2.C21H26N4O3S.C15H13Cl2NO2.C15H12FN3OS2.C11H14N4/c1-16(28)9-10-18(24)21(29)25-12-3-2-7-19(27-23(31)20-8-5-15-33-20)22(30)26-13-11-17-6-4-14-32-17;1-2-12-23-20(27)17(25-21(28)18-7-5-14-29-18)6-3-4-13-24-19(26)15-8-10-16(22)11-9-15;1-9-3-6-14(20-2)13(7-9)18-15(19)11-5-4-10(16)8-12(11)17;16-10-3-1-2-4-11(10)18-14(20)8-21-15-19-12-6-5-9(17)7-13(12)22-15;1-6(2)13-11-14-9-5-8(12)4-7(3)10(9)15-11/h4-6,8,14-15,18-19,28H,1-3,7,9-13,24H2,(H,25,29)(H,26,30)(H,27,31);2,5,7-11,14,17H,1,3-4,6,12-13,22H2,(H,23,27)(H,24,26)(H,25,28);3-8H,1-2H3,(H,18,19);1-7H,8,17H2,(H,18,20);4-5H,1,12H2,2-3H3,(H2,13,14,15)/t18-,19?;17-;;;/m01.../s1. The van der Waals surface area contributed by atoms with Gasteiger partial charge >= 0.3 is 0 Å². The number of unbranched alkanes of at least 4 members (excludes halogenated alkanes) is 2. The molecule has 26 nitrogen and oxygen atoms in total. The zero-order valence-electron chi connectivity index (χ0n) is 66.0. The Morgan fingerprint density at radius 2 is 1.28 bits per heavy atom. The van der Waals surface area contributed by atoms with E-state index in [2.05, 4.69) is 82.5 Å². The van der Waals surface area contributed by atoms with Gasteiger partial charge in [-0.1, -0.05) is 90.6 Å². The van der Waals surface area contributed by atoms with Gasteiger partial charge in [0.25, 0.3) is 23.6 Å². The number of ether oxygens (including phenoxy) is 1. The fourth-order valence-corrected chi connectivity index (χ4v) is 15.3. The number of aryl methyl sites for hydroxylation is 2. The first-order chi connectivity index (χ1) is 57.1. The number of anilines is 6. The number of nitrogens with one attached hydrogen (secondary N) is 10. The van der Waals surface area contributed by atoms with Crippen molar-refractivity contribution in [3.63, 3.8) is 0 Å². The lowest BCUT2D eigenvalue weighted by Crippen LogP contribution is -2.47. The van der Waals surface area contributed by atoms with Crippen LogP contribution in [-0.4, -0.2) is 124 Å². The summed E-state index contributed by atoms with van der Waals surface area (Å²) in [6.45, 7) is 18.3. The number of aromatic amines is 1. The number of nitrogens with zero attached hydrogens (tertiary/aromatic N) is 2. The Hall–Kier alpha value is -11.6. The van der Waals surface area contributed by atoms with Gasteiger partial charge in [-0.15, -0.1) is 51.9 Å². The summed E-state index contributed by atoms with van der Waals surface area (Å²) in [5.74, 6) is -1.02. The van der Waals surface area contributed by atoms with E-state index in [4.69, 9.17) is 56.0 Å². The van der Waals surface area contributed by atoms with Crippen LogP contribution in [0.25, 0.3) is 21.3 Å². The van der Waals surface area contributed by atoms with Crippen molar-refractivity contribution in [2.24, 2.45) is 5.73 Å². The molecule has 0 fully saturated rings. The summed E-state index contributed by atoms with van der Waals surface area (Å²) in [7, 11) is 1.55. The smallest absolute Gasteiger partial charge is 0.261 e. The van der Waals surface area contributed by atoms with Crippen molar-refractivity contribution in [1.29, 1.82) is 0 Å². The van der Waals surface area contributed by atoms with Gasteiger partial charge in [-0.25, -0.2) is 14.4 Å². The molecule has 1 unspecified atom stereocenters. The van der Waals surface area contributed by atoms with Gasteiger partial charge in [-0.3, -0.25) is 38.4 Å². The minimum atomic E-state index is -0.708. The Kier molecular flexibility index (Phi) is 39.4. The second-order valence-electron chi connectivity index (χ2n) is 26.6. The average Bonchev–Trinajstić information content (AvgIpc) is 1.59. The quantitative estimate of drug-likeness (QED) is 0.00577. The summed E-state index contributed by atoms with van der Waals surface area (Å²) in [5.41, 5.74) is 32.3. The molecule has 0 aliphatic rings. The van der Waals surface area contributed by atoms with Gasteiger partial charge in [0.2, 0.25) is 29.6 Å². The van der Waals surface area contributed by atoms with E-state index in [1.807, 2.05) is 85.4 Å². The summed E-state index contributed by atoms with van der Waals surface area (Å²) in [6, 6.07) is 41.3. The number of thioether (sulfide) groups is 1. The summed E-state index contributed by atoms with van der Waals surface area (Å²) in [5, 5.41) is 40.7. The monoisotopic (exact) mass is 1750 g/mol. The van der Waals surface area contributed by atoms with Crippen molar-refractivity contribution in [3.05, 3.63) is 258 Å². The summed E-state index contributed by atoms with van der Waals surface area (Å²) in [4.78, 5) is 112. The number of fused-ring (bicyclic) bond motifs is 2. The third kappa shape index (κ3) is 33.0. The van der Waals surface area contributed by atoms with Crippen molar-refractivity contribution >= 4 is 183 Å². The number of imidazole rings is 1. The number of carbonyl (C=O) groups is 8. The predicted octanol–water partition coefficient (Wildman–Crippen LogP) is 15.8. The van der Waals surface area contributed by atoms with Crippen molar-refractivity contribution in [2.75, 3.05) is 72.2 Å². The van der Waals surface area contributed by atoms with Gasteiger partial charge in [0.15, 0.2) is 4.34 Å². The van der Waals surface area contributed by atoms with Crippen LogP contribution < -0.4 is 75.5 Å². The number of nitrogen functional groups attached to an aromatic ring is 3. The topological polar surface area (TPSA) is 420 Å². The van der Waals surface area contributed by atoms with E-state index in [-0.39, 0.29) is 70.9 Å². The van der Waals surface area contributed by atoms with E-state index in [9.17, 15) is 42.7 Å². The highest BCUT2D eigenvalue weighted by Gasteiger charge is 2.24. The van der Waals surface area contributed by atoms with Gasteiger partial charge in [0.05, 0.1) is 77.6 Å². The number of amides is 8. The van der Waals surface area contributed by atoms with Gasteiger partial charge < -0.3 is 85.6 Å². The minimum absolute atomic E-state index is 0.00236. The van der Waals surface area contributed by atoms with Crippen molar-refractivity contribution in [2.45, 2.75) is 101 Å². The van der Waals surface area contributed by atoms with Crippen LogP contribution in [0.1, 0.15) is 114 Å². The first-order valence-corrected chi connectivity index (χ1v) is 42.6. The zero-order valence-corrected chi connectivity index (χ0v) is 71.6. The fraction of sp³-hybridized carbons (Fsp3) is 0.247. The van der Waals surface area contributed by atoms with Crippen LogP contribution >= 0.6 is 80.3 Å². The molecule has 19 N–H and O–H groups in total. The number of aliphatic hydroxyl groups is 1.